The quantitative estimate of drug-likeness (QED) is 0.893. The molecule has 1 aliphatic heterocycles. The summed E-state index contributed by atoms with van der Waals surface area (Å²) < 4.78 is 31.6. The van der Waals surface area contributed by atoms with Crippen molar-refractivity contribution in [3.63, 3.8) is 0 Å². The fraction of sp³-hybridized carbons (Fsp3) is 0.462. The van der Waals surface area contributed by atoms with Crippen LogP contribution >= 0.6 is 11.6 Å². The van der Waals surface area contributed by atoms with Gasteiger partial charge in [0.25, 0.3) is 0 Å². The molecule has 0 aliphatic carbocycles. The number of ether oxygens (including phenoxy) is 1. The number of amides is 1. The van der Waals surface area contributed by atoms with Crippen molar-refractivity contribution >= 4 is 27.5 Å². The number of carbonyl (C=O) groups is 1. The van der Waals surface area contributed by atoms with E-state index in [1.807, 2.05) is 0 Å². The molecule has 0 saturated carbocycles. The molecule has 1 aromatic carbocycles. The Hall–Kier alpha value is -1.31. The van der Waals surface area contributed by atoms with Crippen molar-refractivity contribution in [3.05, 3.63) is 23.2 Å². The van der Waals surface area contributed by atoms with Gasteiger partial charge in [-0.05, 0) is 18.1 Å². The number of methoxy groups -OCH3 is 1. The molecule has 2 atom stereocenters. The summed E-state index contributed by atoms with van der Waals surface area (Å²) in [5, 5.41) is 0.117. The Morgan fingerprint density at radius 1 is 1.43 bits per heavy atom. The fourth-order valence-corrected chi connectivity index (χ4v) is 4.49. The van der Waals surface area contributed by atoms with E-state index >= 15 is 0 Å². The van der Waals surface area contributed by atoms with Crippen LogP contribution in [0.4, 0.5) is 0 Å². The molecule has 1 aromatic rings. The third-order valence-electron chi connectivity index (χ3n) is 3.70. The number of primary amides is 1. The van der Waals surface area contributed by atoms with Crippen LogP contribution < -0.4 is 10.5 Å². The molecule has 1 amide bonds. The van der Waals surface area contributed by atoms with Crippen LogP contribution in [0.3, 0.4) is 0 Å². The van der Waals surface area contributed by atoms with Gasteiger partial charge in [0.1, 0.15) is 10.6 Å². The number of halogens is 1. The lowest BCUT2D eigenvalue weighted by molar-refractivity contribution is -0.122. The zero-order valence-electron chi connectivity index (χ0n) is 11.7. The monoisotopic (exact) mass is 332 g/mol. The zero-order valence-corrected chi connectivity index (χ0v) is 13.3. The highest BCUT2D eigenvalue weighted by atomic mass is 35.5. The van der Waals surface area contributed by atoms with E-state index < -0.39 is 21.8 Å². The van der Waals surface area contributed by atoms with E-state index in [2.05, 4.69) is 0 Å². The van der Waals surface area contributed by atoms with E-state index in [-0.39, 0.29) is 28.9 Å². The van der Waals surface area contributed by atoms with Gasteiger partial charge in [-0.25, -0.2) is 8.42 Å². The average molecular weight is 333 g/mol. The van der Waals surface area contributed by atoms with Crippen LogP contribution in [0.1, 0.15) is 6.92 Å². The minimum absolute atomic E-state index is 0.0270. The maximum atomic E-state index is 12.7. The molecule has 0 unspecified atom stereocenters. The first-order chi connectivity index (χ1) is 9.77. The number of hydrogen-bond donors (Lipinski definition) is 1. The van der Waals surface area contributed by atoms with Crippen LogP contribution in [0.2, 0.25) is 5.02 Å². The first-order valence-electron chi connectivity index (χ1n) is 6.40. The van der Waals surface area contributed by atoms with Gasteiger partial charge in [-0.3, -0.25) is 4.79 Å². The van der Waals surface area contributed by atoms with Gasteiger partial charge in [0.2, 0.25) is 15.9 Å². The minimum Gasteiger partial charge on any atom is -0.497 e. The van der Waals surface area contributed by atoms with Crippen LogP contribution in [-0.2, 0) is 14.8 Å². The highest BCUT2D eigenvalue weighted by Crippen LogP contribution is 2.33. The lowest BCUT2D eigenvalue weighted by Gasteiger charge is -2.17. The fourth-order valence-electron chi connectivity index (χ4n) is 2.44. The Balaban J connectivity index is 2.38. The number of nitrogens with two attached hydrogens (primary N) is 1. The van der Waals surface area contributed by atoms with Gasteiger partial charge in [-0.15, -0.1) is 0 Å². The highest BCUT2D eigenvalue weighted by molar-refractivity contribution is 7.89. The summed E-state index contributed by atoms with van der Waals surface area (Å²) in [6.45, 7) is 2.12. The summed E-state index contributed by atoms with van der Waals surface area (Å²) in [7, 11) is -2.34. The van der Waals surface area contributed by atoms with Gasteiger partial charge in [0.15, 0.2) is 0 Å². The van der Waals surface area contributed by atoms with Gasteiger partial charge >= 0.3 is 0 Å². The Bertz CT molecular complexity index is 662. The average Bonchev–Trinajstić information content (AvgIpc) is 2.82. The van der Waals surface area contributed by atoms with Crippen LogP contribution in [0.5, 0.6) is 5.75 Å². The summed E-state index contributed by atoms with van der Waals surface area (Å²) in [5.41, 5.74) is 5.30. The largest absolute Gasteiger partial charge is 0.497 e. The molecule has 1 fully saturated rings. The van der Waals surface area contributed by atoms with Crippen molar-refractivity contribution in [2.45, 2.75) is 11.8 Å². The molecular formula is C13H17ClN2O4S. The normalized spacial score (nSPS) is 23.2. The first-order valence-corrected chi connectivity index (χ1v) is 8.22. The summed E-state index contributed by atoms with van der Waals surface area (Å²) in [5.74, 6) is -0.695. The smallest absolute Gasteiger partial charge is 0.244 e. The summed E-state index contributed by atoms with van der Waals surface area (Å²) in [4.78, 5) is 11.3. The number of sulfonamides is 1. The standard InChI is InChI=1S/C13H17ClN2O4S/c1-8-6-16(7-10(8)13(15)17)21(18,19)12-5-9(20-2)3-4-11(12)14/h3-5,8,10H,6-7H2,1-2H3,(H2,15,17)/t8-,10-/m1/s1. The van der Waals surface area contributed by atoms with E-state index in [4.69, 9.17) is 22.1 Å². The molecular weight excluding hydrogens is 316 g/mol. The maximum absolute atomic E-state index is 12.7. The molecule has 21 heavy (non-hydrogen) atoms. The molecule has 0 spiro atoms. The van der Waals surface area contributed by atoms with Crippen LogP contribution in [0, 0.1) is 11.8 Å². The first kappa shape index (κ1) is 16.1. The second-order valence-corrected chi connectivity index (χ2v) is 7.42. The Kier molecular flexibility index (Phi) is 4.46. The number of benzene rings is 1. The number of hydrogen-bond acceptors (Lipinski definition) is 4. The number of carbonyl (C=O) groups excluding carboxylic acids is 1. The molecule has 6 nitrogen and oxygen atoms in total. The van der Waals surface area contributed by atoms with Crippen LogP contribution in [-0.4, -0.2) is 38.8 Å². The molecule has 0 aromatic heterocycles. The Labute approximate surface area is 128 Å². The summed E-state index contributed by atoms with van der Waals surface area (Å²) in [6.07, 6.45) is 0. The summed E-state index contributed by atoms with van der Waals surface area (Å²) >= 11 is 6.00. The minimum atomic E-state index is -3.79. The highest BCUT2D eigenvalue weighted by Gasteiger charge is 2.40. The van der Waals surface area contributed by atoms with E-state index in [1.54, 1.807) is 13.0 Å². The molecule has 1 saturated heterocycles. The van der Waals surface area contributed by atoms with E-state index in [1.165, 1.54) is 23.5 Å². The van der Waals surface area contributed by atoms with Crippen molar-refractivity contribution in [2.75, 3.05) is 20.2 Å². The van der Waals surface area contributed by atoms with Gasteiger partial charge in [0.05, 0.1) is 18.1 Å². The Morgan fingerprint density at radius 2 is 2.10 bits per heavy atom. The lowest BCUT2D eigenvalue weighted by atomic mass is 9.98. The van der Waals surface area contributed by atoms with Gasteiger partial charge in [0, 0.05) is 19.2 Å². The van der Waals surface area contributed by atoms with Crippen molar-refractivity contribution < 1.29 is 17.9 Å². The molecule has 2 N–H and O–H groups in total. The third-order valence-corrected chi connectivity index (χ3v) is 6.01. The molecule has 2 rings (SSSR count). The van der Waals surface area contributed by atoms with Crippen LogP contribution in [0.25, 0.3) is 0 Å². The number of nitrogens with zero attached hydrogens (tertiary/aromatic N) is 1. The van der Waals surface area contributed by atoms with Crippen molar-refractivity contribution in [2.24, 2.45) is 17.6 Å². The predicted molar refractivity (Wildman–Crippen MR) is 78.6 cm³/mol. The van der Waals surface area contributed by atoms with Gasteiger partial charge < -0.3 is 10.5 Å². The SMILES string of the molecule is COc1ccc(Cl)c(S(=O)(=O)N2C[C@@H](C)[C@H](C(N)=O)C2)c1. The Morgan fingerprint density at radius 3 is 2.62 bits per heavy atom. The molecule has 0 radical (unpaired) electrons. The van der Waals surface area contributed by atoms with Crippen LogP contribution in [0.15, 0.2) is 23.1 Å². The predicted octanol–water partition coefficient (Wildman–Crippen LogP) is 1.09. The van der Waals surface area contributed by atoms with Crippen molar-refractivity contribution in [1.29, 1.82) is 0 Å². The van der Waals surface area contributed by atoms with Gasteiger partial charge in [-0.2, -0.15) is 4.31 Å². The molecule has 8 heteroatoms. The van der Waals surface area contributed by atoms with E-state index in [9.17, 15) is 13.2 Å². The summed E-state index contributed by atoms with van der Waals surface area (Å²) in [6, 6.07) is 4.43. The maximum Gasteiger partial charge on any atom is 0.244 e. The second kappa shape index (κ2) is 5.82. The van der Waals surface area contributed by atoms with E-state index in [0.717, 1.165) is 0 Å². The molecule has 1 aliphatic rings. The molecule has 116 valence electrons. The van der Waals surface area contributed by atoms with Gasteiger partial charge in [-0.1, -0.05) is 18.5 Å². The third kappa shape index (κ3) is 3.00. The zero-order chi connectivity index (χ0) is 15.8. The lowest BCUT2D eigenvalue weighted by Crippen LogP contribution is -2.32. The topological polar surface area (TPSA) is 89.7 Å². The second-order valence-electron chi connectivity index (χ2n) is 5.10. The van der Waals surface area contributed by atoms with Crippen molar-refractivity contribution in [1.82, 2.24) is 4.31 Å². The molecule has 0 bridgehead atoms. The van der Waals surface area contributed by atoms with E-state index in [0.29, 0.717) is 5.75 Å². The van der Waals surface area contributed by atoms with Crippen molar-refractivity contribution in [3.8, 4) is 5.75 Å². The number of rotatable bonds is 4. The molecule has 1 heterocycles.